The van der Waals surface area contributed by atoms with Crippen molar-refractivity contribution in [3.8, 4) is 5.75 Å². The minimum Gasteiger partial charge on any atom is -0.484 e. The van der Waals surface area contributed by atoms with Crippen molar-refractivity contribution in [2.45, 2.75) is 25.9 Å². The number of ether oxygens (including phenoxy) is 1. The molecule has 1 heterocycles. The number of thiophene rings is 1. The van der Waals surface area contributed by atoms with Gasteiger partial charge in [0.1, 0.15) is 5.75 Å². The van der Waals surface area contributed by atoms with Gasteiger partial charge in [-0.05, 0) is 47.9 Å². The Balaban J connectivity index is 1.76. The van der Waals surface area contributed by atoms with E-state index in [1.165, 1.54) is 0 Å². The van der Waals surface area contributed by atoms with Gasteiger partial charge in [-0.25, -0.2) is 0 Å². The summed E-state index contributed by atoms with van der Waals surface area (Å²) in [5, 5.41) is 17.0. The van der Waals surface area contributed by atoms with Crippen LogP contribution in [-0.2, 0) is 11.2 Å². The highest BCUT2D eigenvalue weighted by Gasteiger charge is 2.22. The molecule has 2 aromatic rings. The molecule has 0 bridgehead atoms. The molecule has 0 fully saturated rings. The van der Waals surface area contributed by atoms with Crippen LogP contribution in [0.5, 0.6) is 5.75 Å². The van der Waals surface area contributed by atoms with Crippen LogP contribution in [0, 0.1) is 6.92 Å². The molecule has 0 aliphatic carbocycles. The molecule has 1 amide bonds. The molecule has 0 spiro atoms. The predicted molar refractivity (Wildman–Crippen MR) is 88.3 cm³/mol. The molecule has 22 heavy (non-hydrogen) atoms. The largest absolute Gasteiger partial charge is 0.484 e. The monoisotopic (exact) mass is 319 g/mol. The van der Waals surface area contributed by atoms with Gasteiger partial charge in [-0.2, -0.15) is 11.3 Å². The van der Waals surface area contributed by atoms with E-state index in [9.17, 15) is 9.90 Å². The van der Waals surface area contributed by atoms with Gasteiger partial charge in [0.15, 0.2) is 6.61 Å². The molecule has 1 unspecified atom stereocenters. The quantitative estimate of drug-likeness (QED) is 0.824. The highest BCUT2D eigenvalue weighted by molar-refractivity contribution is 7.07. The molecule has 1 atom stereocenters. The van der Waals surface area contributed by atoms with E-state index in [1.54, 1.807) is 18.3 Å². The third-order valence-corrected chi connectivity index (χ3v) is 4.02. The second kappa shape index (κ2) is 7.42. The smallest absolute Gasteiger partial charge is 0.258 e. The second-order valence-electron chi connectivity index (χ2n) is 5.64. The molecule has 5 heteroatoms. The van der Waals surface area contributed by atoms with E-state index in [2.05, 4.69) is 5.32 Å². The van der Waals surface area contributed by atoms with E-state index in [0.717, 1.165) is 11.1 Å². The van der Waals surface area contributed by atoms with E-state index < -0.39 is 5.60 Å². The Labute approximate surface area is 134 Å². The second-order valence-corrected chi connectivity index (χ2v) is 6.42. The van der Waals surface area contributed by atoms with Crippen LogP contribution < -0.4 is 10.1 Å². The zero-order chi connectivity index (χ0) is 16.0. The maximum atomic E-state index is 11.8. The number of nitrogens with one attached hydrogen (secondary N) is 1. The molecular weight excluding hydrogens is 298 g/mol. The Morgan fingerprint density at radius 1 is 1.36 bits per heavy atom. The van der Waals surface area contributed by atoms with Crippen molar-refractivity contribution < 1.29 is 14.6 Å². The summed E-state index contributed by atoms with van der Waals surface area (Å²) >= 11 is 1.59. The van der Waals surface area contributed by atoms with Gasteiger partial charge in [-0.1, -0.05) is 18.2 Å². The van der Waals surface area contributed by atoms with Gasteiger partial charge < -0.3 is 15.2 Å². The highest BCUT2D eigenvalue weighted by atomic mass is 32.1. The van der Waals surface area contributed by atoms with Crippen molar-refractivity contribution in [3.63, 3.8) is 0 Å². The minimum absolute atomic E-state index is 0.0562. The zero-order valence-electron chi connectivity index (χ0n) is 12.8. The number of aryl methyl sites for hydroxylation is 1. The summed E-state index contributed by atoms with van der Waals surface area (Å²) in [6.45, 7) is 3.78. The van der Waals surface area contributed by atoms with E-state index in [-0.39, 0.29) is 19.1 Å². The number of carbonyl (C=O) groups excluding carboxylic acids is 1. The number of hydrogen-bond donors (Lipinski definition) is 2. The average Bonchev–Trinajstić information content (AvgIpc) is 2.96. The lowest BCUT2D eigenvalue weighted by atomic mass is 9.98. The van der Waals surface area contributed by atoms with Crippen molar-refractivity contribution >= 4 is 17.2 Å². The number of carbonyl (C=O) groups is 1. The summed E-state index contributed by atoms with van der Waals surface area (Å²) in [6, 6.07) is 9.52. The maximum Gasteiger partial charge on any atom is 0.258 e. The van der Waals surface area contributed by atoms with E-state index in [4.69, 9.17) is 4.74 Å². The number of amides is 1. The molecule has 118 valence electrons. The molecular formula is C17H21NO3S. The molecule has 0 saturated heterocycles. The standard InChI is InChI=1S/C17H21NO3S/c1-13-5-3-4-6-15(13)21-10-16(19)18-12-17(2,20)9-14-7-8-22-11-14/h3-8,11,20H,9-10,12H2,1-2H3,(H,18,19). The SMILES string of the molecule is Cc1ccccc1OCC(=O)NCC(C)(O)Cc1ccsc1. The van der Waals surface area contributed by atoms with Crippen molar-refractivity contribution in [1.82, 2.24) is 5.32 Å². The molecule has 1 aromatic carbocycles. The van der Waals surface area contributed by atoms with Crippen LogP contribution in [0.2, 0.25) is 0 Å². The lowest BCUT2D eigenvalue weighted by molar-refractivity contribution is -0.124. The number of benzene rings is 1. The minimum atomic E-state index is -0.973. The van der Waals surface area contributed by atoms with Gasteiger partial charge >= 0.3 is 0 Å². The van der Waals surface area contributed by atoms with Gasteiger partial charge in [0.2, 0.25) is 0 Å². The number of aliphatic hydroxyl groups is 1. The first-order valence-electron chi connectivity index (χ1n) is 7.15. The lowest BCUT2D eigenvalue weighted by Gasteiger charge is -2.23. The molecule has 0 aliphatic rings. The molecule has 2 rings (SSSR count). The Morgan fingerprint density at radius 3 is 2.82 bits per heavy atom. The fraction of sp³-hybridized carbons (Fsp3) is 0.353. The first-order chi connectivity index (χ1) is 10.5. The van der Waals surface area contributed by atoms with Gasteiger partial charge in [0.05, 0.1) is 5.60 Å². The summed E-state index contributed by atoms with van der Waals surface area (Å²) in [4.78, 5) is 11.8. The summed E-state index contributed by atoms with van der Waals surface area (Å²) in [7, 11) is 0. The Morgan fingerprint density at radius 2 is 2.14 bits per heavy atom. The number of para-hydroxylation sites is 1. The van der Waals surface area contributed by atoms with Crippen LogP contribution >= 0.6 is 11.3 Å². The molecule has 1 aromatic heterocycles. The molecule has 2 N–H and O–H groups in total. The van der Waals surface area contributed by atoms with Gasteiger partial charge in [0, 0.05) is 13.0 Å². The fourth-order valence-corrected chi connectivity index (χ4v) is 2.77. The Kier molecular flexibility index (Phi) is 5.57. The van der Waals surface area contributed by atoms with Crippen LogP contribution in [0.15, 0.2) is 41.1 Å². The van der Waals surface area contributed by atoms with Crippen LogP contribution in [0.3, 0.4) is 0 Å². The van der Waals surface area contributed by atoms with E-state index in [1.807, 2.05) is 48.0 Å². The Hall–Kier alpha value is -1.85. The normalized spacial score (nSPS) is 13.4. The van der Waals surface area contributed by atoms with Crippen molar-refractivity contribution in [1.29, 1.82) is 0 Å². The molecule has 0 saturated carbocycles. The summed E-state index contributed by atoms with van der Waals surface area (Å²) in [5.74, 6) is 0.455. The third-order valence-electron chi connectivity index (χ3n) is 3.28. The topological polar surface area (TPSA) is 58.6 Å². The van der Waals surface area contributed by atoms with Crippen LogP contribution in [0.25, 0.3) is 0 Å². The summed E-state index contributed by atoms with van der Waals surface area (Å²) < 4.78 is 5.48. The van der Waals surface area contributed by atoms with E-state index >= 15 is 0 Å². The first-order valence-corrected chi connectivity index (χ1v) is 8.09. The molecule has 4 nitrogen and oxygen atoms in total. The summed E-state index contributed by atoms with van der Waals surface area (Å²) in [5.41, 5.74) is 1.08. The van der Waals surface area contributed by atoms with Gasteiger partial charge in [-0.15, -0.1) is 0 Å². The summed E-state index contributed by atoms with van der Waals surface area (Å²) in [6.07, 6.45) is 0.509. The van der Waals surface area contributed by atoms with Gasteiger partial charge in [-0.3, -0.25) is 4.79 Å². The lowest BCUT2D eigenvalue weighted by Crippen LogP contribution is -2.43. The van der Waals surface area contributed by atoms with Crippen molar-refractivity contribution in [3.05, 3.63) is 52.2 Å². The van der Waals surface area contributed by atoms with Crippen LogP contribution in [-0.4, -0.2) is 29.8 Å². The van der Waals surface area contributed by atoms with Crippen molar-refractivity contribution in [2.24, 2.45) is 0 Å². The fourth-order valence-electron chi connectivity index (χ4n) is 2.10. The predicted octanol–water partition coefficient (Wildman–Crippen LogP) is 2.55. The Bertz CT molecular complexity index is 608. The van der Waals surface area contributed by atoms with E-state index in [0.29, 0.717) is 12.2 Å². The van der Waals surface area contributed by atoms with Crippen molar-refractivity contribution in [2.75, 3.05) is 13.2 Å². The average molecular weight is 319 g/mol. The maximum absolute atomic E-state index is 11.8. The number of hydrogen-bond acceptors (Lipinski definition) is 4. The highest BCUT2D eigenvalue weighted by Crippen LogP contribution is 2.16. The first kappa shape index (κ1) is 16.5. The van der Waals surface area contributed by atoms with Crippen LogP contribution in [0.4, 0.5) is 0 Å². The van der Waals surface area contributed by atoms with Crippen LogP contribution in [0.1, 0.15) is 18.1 Å². The number of rotatable bonds is 7. The zero-order valence-corrected chi connectivity index (χ0v) is 13.7. The molecule has 0 aliphatic heterocycles. The van der Waals surface area contributed by atoms with Gasteiger partial charge in [0.25, 0.3) is 5.91 Å². The molecule has 0 radical (unpaired) electrons. The third kappa shape index (κ3) is 5.16.